The number of hydrogen-bond acceptors (Lipinski definition) is 5. The zero-order chi connectivity index (χ0) is 19.1. The molecule has 0 unspecified atom stereocenters. The van der Waals surface area contributed by atoms with E-state index in [4.69, 9.17) is 4.74 Å². The van der Waals surface area contributed by atoms with Crippen molar-refractivity contribution in [2.75, 3.05) is 24.3 Å². The van der Waals surface area contributed by atoms with Gasteiger partial charge in [-0.15, -0.1) is 10.2 Å². The molecule has 0 saturated heterocycles. The summed E-state index contributed by atoms with van der Waals surface area (Å²) in [4.78, 5) is 12.3. The first-order chi connectivity index (χ1) is 13.2. The lowest BCUT2D eigenvalue weighted by atomic mass is 10.1. The van der Waals surface area contributed by atoms with E-state index in [1.807, 2.05) is 49.4 Å². The zero-order valence-electron chi connectivity index (χ0n) is 15.4. The van der Waals surface area contributed by atoms with Crippen LogP contribution in [0.4, 0.5) is 11.6 Å². The molecular weight excluding hydrogens is 340 g/mol. The third-order valence-electron chi connectivity index (χ3n) is 4.19. The van der Waals surface area contributed by atoms with E-state index in [0.29, 0.717) is 23.7 Å². The number of nitrogens with zero attached hydrogens (tertiary/aromatic N) is 2. The lowest BCUT2D eigenvalue weighted by Crippen LogP contribution is -2.15. The maximum absolute atomic E-state index is 12.3. The molecule has 3 rings (SSSR count). The Morgan fingerprint density at radius 2 is 1.67 bits per heavy atom. The van der Waals surface area contributed by atoms with Crippen molar-refractivity contribution in [3.05, 3.63) is 77.4 Å². The molecule has 138 valence electrons. The number of carbonyl (C=O) groups is 1. The zero-order valence-corrected chi connectivity index (χ0v) is 15.4. The Labute approximate surface area is 158 Å². The van der Waals surface area contributed by atoms with E-state index in [1.54, 1.807) is 25.3 Å². The van der Waals surface area contributed by atoms with Crippen LogP contribution in [0.25, 0.3) is 0 Å². The van der Waals surface area contributed by atoms with Crippen molar-refractivity contribution in [2.45, 2.75) is 13.3 Å². The number of para-hydroxylation sites is 1. The lowest BCUT2D eigenvalue weighted by Gasteiger charge is -2.10. The van der Waals surface area contributed by atoms with E-state index in [2.05, 4.69) is 20.8 Å². The number of aryl methyl sites for hydroxylation is 1. The molecule has 3 aromatic rings. The number of anilines is 2. The highest BCUT2D eigenvalue weighted by Gasteiger charge is 2.09. The van der Waals surface area contributed by atoms with Gasteiger partial charge in [0.25, 0.3) is 5.91 Å². The second-order valence-electron chi connectivity index (χ2n) is 6.06. The van der Waals surface area contributed by atoms with Crippen molar-refractivity contribution in [3.8, 4) is 5.75 Å². The summed E-state index contributed by atoms with van der Waals surface area (Å²) < 4.78 is 5.35. The molecular formula is C21H22N4O2. The molecule has 2 aromatic carbocycles. The number of amides is 1. The molecule has 0 atom stereocenters. The Hall–Kier alpha value is -3.41. The monoisotopic (exact) mass is 362 g/mol. The summed E-state index contributed by atoms with van der Waals surface area (Å²) in [6, 6.07) is 18.9. The first-order valence-corrected chi connectivity index (χ1v) is 8.74. The molecule has 0 aliphatic rings. The minimum absolute atomic E-state index is 0.195. The van der Waals surface area contributed by atoms with Gasteiger partial charge in [0, 0.05) is 12.1 Å². The summed E-state index contributed by atoms with van der Waals surface area (Å²) in [7, 11) is 1.67. The smallest absolute Gasteiger partial charge is 0.257 e. The van der Waals surface area contributed by atoms with E-state index < -0.39 is 0 Å². The number of carbonyl (C=O) groups excluding carboxylic acids is 1. The fraction of sp³-hybridized carbons (Fsp3) is 0.190. The number of aromatic nitrogens is 2. The molecule has 6 heteroatoms. The summed E-state index contributed by atoms with van der Waals surface area (Å²) in [6.45, 7) is 2.60. The van der Waals surface area contributed by atoms with E-state index >= 15 is 0 Å². The topological polar surface area (TPSA) is 76.1 Å². The van der Waals surface area contributed by atoms with Crippen molar-refractivity contribution in [3.63, 3.8) is 0 Å². The van der Waals surface area contributed by atoms with Crippen LogP contribution >= 0.6 is 0 Å². The van der Waals surface area contributed by atoms with Crippen molar-refractivity contribution in [2.24, 2.45) is 0 Å². The Balaban J connectivity index is 1.54. The molecule has 0 radical (unpaired) electrons. The first kappa shape index (κ1) is 18.4. The molecule has 27 heavy (non-hydrogen) atoms. The average molecular weight is 362 g/mol. The molecule has 0 aliphatic heterocycles. The molecule has 1 heterocycles. The van der Waals surface area contributed by atoms with Crippen LogP contribution in [-0.4, -0.2) is 29.8 Å². The Morgan fingerprint density at radius 1 is 0.963 bits per heavy atom. The SMILES string of the molecule is COc1ccccc1CCNc1ccc(NC(=O)c2ccccc2C)nn1. The normalized spacial score (nSPS) is 10.3. The highest BCUT2D eigenvalue weighted by molar-refractivity contribution is 6.04. The number of nitrogens with one attached hydrogen (secondary N) is 2. The molecule has 0 spiro atoms. The number of methoxy groups -OCH3 is 1. The van der Waals surface area contributed by atoms with Gasteiger partial charge in [-0.1, -0.05) is 36.4 Å². The summed E-state index contributed by atoms with van der Waals surface area (Å²) in [6.07, 6.45) is 0.803. The van der Waals surface area contributed by atoms with Gasteiger partial charge in [0.2, 0.25) is 0 Å². The quantitative estimate of drug-likeness (QED) is 0.670. The predicted molar refractivity (Wildman–Crippen MR) is 106 cm³/mol. The van der Waals surface area contributed by atoms with Gasteiger partial charge in [0.15, 0.2) is 5.82 Å². The van der Waals surface area contributed by atoms with E-state index in [0.717, 1.165) is 23.3 Å². The van der Waals surface area contributed by atoms with E-state index in [1.165, 1.54) is 0 Å². The van der Waals surface area contributed by atoms with E-state index in [9.17, 15) is 4.79 Å². The van der Waals surface area contributed by atoms with Crippen LogP contribution in [0.15, 0.2) is 60.7 Å². The summed E-state index contributed by atoms with van der Waals surface area (Å²) in [5.41, 5.74) is 2.67. The standard InChI is InChI=1S/C21H22N4O2/c1-15-7-3-5-9-17(15)21(26)23-20-12-11-19(24-25-20)22-14-13-16-8-4-6-10-18(16)27-2/h3-12H,13-14H2,1-2H3,(H,22,24)(H,23,25,26). The van der Waals surface area contributed by atoms with Crippen LogP contribution in [0, 0.1) is 6.92 Å². The van der Waals surface area contributed by atoms with Crippen LogP contribution in [0.3, 0.4) is 0 Å². The molecule has 0 aliphatic carbocycles. The average Bonchev–Trinajstić information content (AvgIpc) is 2.70. The first-order valence-electron chi connectivity index (χ1n) is 8.74. The number of ether oxygens (including phenoxy) is 1. The Kier molecular flexibility index (Phi) is 5.99. The van der Waals surface area contributed by atoms with E-state index in [-0.39, 0.29) is 5.91 Å². The van der Waals surface area contributed by atoms with Gasteiger partial charge in [-0.25, -0.2) is 0 Å². The minimum Gasteiger partial charge on any atom is -0.496 e. The highest BCUT2D eigenvalue weighted by Crippen LogP contribution is 2.18. The molecule has 1 aromatic heterocycles. The van der Waals surface area contributed by atoms with Crippen LogP contribution in [0.1, 0.15) is 21.5 Å². The number of benzene rings is 2. The lowest BCUT2D eigenvalue weighted by molar-refractivity contribution is 0.102. The van der Waals surface area contributed by atoms with Crippen LogP contribution in [0.2, 0.25) is 0 Å². The van der Waals surface area contributed by atoms with Gasteiger partial charge in [0.1, 0.15) is 11.6 Å². The molecule has 0 bridgehead atoms. The molecule has 0 saturated carbocycles. The molecule has 0 fully saturated rings. The molecule has 6 nitrogen and oxygen atoms in total. The van der Waals surface area contributed by atoms with Gasteiger partial charge in [0.05, 0.1) is 7.11 Å². The van der Waals surface area contributed by atoms with Crippen molar-refractivity contribution >= 4 is 17.5 Å². The van der Waals surface area contributed by atoms with Crippen molar-refractivity contribution < 1.29 is 9.53 Å². The fourth-order valence-electron chi connectivity index (χ4n) is 2.74. The third kappa shape index (κ3) is 4.82. The molecule has 2 N–H and O–H groups in total. The van der Waals surface area contributed by atoms with Gasteiger partial charge >= 0.3 is 0 Å². The molecule has 1 amide bonds. The van der Waals surface area contributed by atoms with Gasteiger partial charge in [-0.3, -0.25) is 4.79 Å². The predicted octanol–water partition coefficient (Wildman–Crippen LogP) is 3.70. The highest BCUT2D eigenvalue weighted by atomic mass is 16.5. The minimum atomic E-state index is -0.195. The Bertz CT molecular complexity index is 910. The largest absolute Gasteiger partial charge is 0.496 e. The number of rotatable bonds is 7. The van der Waals surface area contributed by atoms with Crippen molar-refractivity contribution in [1.82, 2.24) is 10.2 Å². The van der Waals surface area contributed by atoms with Gasteiger partial charge in [-0.2, -0.15) is 0 Å². The Morgan fingerprint density at radius 3 is 2.41 bits per heavy atom. The third-order valence-corrected chi connectivity index (χ3v) is 4.19. The van der Waals surface area contributed by atoms with Crippen molar-refractivity contribution in [1.29, 1.82) is 0 Å². The maximum atomic E-state index is 12.3. The van der Waals surface area contributed by atoms with Crippen LogP contribution < -0.4 is 15.4 Å². The summed E-state index contributed by atoms with van der Waals surface area (Å²) in [5.74, 6) is 1.75. The van der Waals surface area contributed by atoms with Crippen LogP contribution in [0.5, 0.6) is 5.75 Å². The van der Waals surface area contributed by atoms with Gasteiger partial charge in [-0.05, 0) is 48.7 Å². The second-order valence-corrected chi connectivity index (χ2v) is 6.06. The summed E-state index contributed by atoms with van der Waals surface area (Å²) in [5, 5.41) is 14.2. The summed E-state index contributed by atoms with van der Waals surface area (Å²) >= 11 is 0. The number of hydrogen-bond donors (Lipinski definition) is 2. The van der Waals surface area contributed by atoms with Gasteiger partial charge < -0.3 is 15.4 Å². The fourth-order valence-corrected chi connectivity index (χ4v) is 2.74. The maximum Gasteiger partial charge on any atom is 0.257 e. The second kappa shape index (κ2) is 8.80. The van der Waals surface area contributed by atoms with Crippen LogP contribution in [-0.2, 0) is 6.42 Å².